The van der Waals surface area contributed by atoms with Crippen LogP contribution in [-0.2, 0) is 4.74 Å². The fourth-order valence-corrected chi connectivity index (χ4v) is 3.98. The summed E-state index contributed by atoms with van der Waals surface area (Å²) in [5, 5.41) is 12.9. The van der Waals surface area contributed by atoms with E-state index in [-0.39, 0.29) is 18.2 Å². The average Bonchev–Trinajstić information content (AvgIpc) is 3.16. The Balaban J connectivity index is 1.72. The number of aliphatic hydroxyl groups excluding tert-OH is 1. The lowest BCUT2D eigenvalue weighted by atomic mass is 10.1. The number of anilines is 2. The van der Waals surface area contributed by atoms with Gasteiger partial charge in [-0.2, -0.15) is 4.98 Å². The van der Waals surface area contributed by atoms with Gasteiger partial charge in [0.1, 0.15) is 11.4 Å². The molecule has 1 saturated heterocycles. The summed E-state index contributed by atoms with van der Waals surface area (Å²) >= 11 is 0. The Morgan fingerprint density at radius 3 is 2.82 bits per heavy atom. The van der Waals surface area contributed by atoms with Crippen LogP contribution in [0.25, 0.3) is 11.3 Å². The number of aryl methyl sites for hydroxylation is 1. The van der Waals surface area contributed by atoms with E-state index >= 15 is 0 Å². The summed E-state index contributed by atoms with van der Waals surface area (Å²) < 4.78 is 5.41. The summed E-state index contributed by atoms with van der Waals surface area (Å²) in [7, 11) is 0. The molecule has 1 aliphatic heterocycles. The molecule has 8 heteroatoms. The summed E-state index contributed by atoms with van der Waals surface area (Å²) in [5.74, 6) is 1.43. The average molecular weight is 385 g/mol. The van der Waals surface area contributed by atoms with Crippen molar-refractivity contribution in [3.8, 4) is 11.3 Å². The lowest BCUT2D eigenvalue weighted by molar-refractivity contribution is 0.122. The van der Waals surface area contributed by atoms with Gasteiger partial charge < -0.3 is 20.1 Å². The van der Waals surface area contributed by atoms with Gasteiger partial charge in [-0.05, 0) is 44.2 Å². The van der Waals surface area contributed by atoms with Gasteiger partial charge in [0.05, 0.1) is 18.9 Å². The maximum Gasteiger partial charge on any atom is 0.263 e. The van der Waals surface area contributed by atoms with Gasteiger partial charge in [-0.3, -0.25) is 14.8 Å². The molecule has 8 nitrogen and oxygen atoms in total. The molecular formula is C20H27N5O3. The Hall–Kier alpha value is -2.45. The number of morpholine rings is 1. The Morgan fingerprint density at radius 1 is 1.29 bits per heavy atom. The summed E-state index contributed by atoms with van der Waals surface area (Å²) in [6.45, 7) is 4.74. The number of aromatic amines is 1. The van der Waals surface area contributed by atoms with E-state index in [0.717, 1.165) is 25.0 Å². The van der Waals surface area contributed by atoms with Crippen molar-refractivity contribution in [1.82, 2.24) is 15.0 Å². The number of aromatic nitrogens is 3. The number of nitrogens with zero attached hydrogens (tertiary/aromatic N) is 3. The lowest BCUT2D eigenvalue weighted by Crippen LogP contribution is -2.38. The first kappa shape index (κ1) is 18.9. The molecule has 3 heterocycles. The Labute approximate surface area is 164 Å². The van der Waals surface area contributed by atoms with Crippen LogP contribution in [0.2, 0.25) is 0 Å². The van der Waals surface area contributed by atoms with E-state index in [1.807, 2.05) is 30.0 Å². The van der Waals surface area contributed by atoms with Crippen molar-refractivity contribution in [2.45, 2.75) is 32.2 Å². The van der Waals surface area contributed by atoms with Crippen LogP contribution in [0.1, 0.15) is 25.0 Å². The molecule has 2 aromatic rings. The van der Waals surface area contributed by atoms with Crippen LogP contribution in [0.5, 0.6) is 0 Å². The largest absolute Gasteiger partial charge is 0.396 e. The molecule has 150 valence electrons. The Kier molecular flexibility index (Phi) is 5.59. The summed E-state index contributed by atoms with van der Waals surface area (Å²) in [6.07, 6.45) is 2.80. The van der Waals surface area contributed by atoms with Crippen molar-refractivity contribution in [2.24, 2.45) is 5.92 Å². The topological polar surface area (TPSA) is 103 Å². The molecule has 0 radical (unpaired) electrons. The van der Waals surface area contributed by atoms with Crippen LogP contribution in [0.15, 0.2) is 23.0 Å². The molecule has 2 aromatic heterocycles. The second-order valence-electron chi connectivity index (χ2n) is 7.58. The lowest BCUT2D eigenvalue weighted by Gasteiger charge is -2.28. The maximum absolute atomic E-state index is 13.0. The molecule has 2 aliphatic rings. The van der Waals surface area contributed by atoms with Crippen LogP contribution in [0.4, 0.5) is 11.8 Å². The molecule has 28 heavy (non-hydrogen) atoms. The SMILES string of the molecule is Cc1cccc(-c2c(NC3CCC(CO)C3)nc(N3CCOCC3)[nH]c2=O)n1. The fraction of sp³-hybridized carbons (Fsp3) is 0.550. The second kappa shape index (κ2) is 8.28. The third-order valence-electron chi connectivity index (χ3n) is 5.50. The van der Waals surface area contributed by atoms with Crippen LogP contribution in [-0.4, -0.2) is 59.0 Å². The van der Waals surface area contributed by atoms with Gasteiger partial charge in [0, 0.05) is 31.4 Å². The number of pyridine rings is 1. The van der Waals surface area contributed by atoms with E-state index in [1.165, 1.54) is 0 Å². The number of aliphatic hydroxyl groups is 1. The summed E-state index contributed by atoms with van der Waals surface area (Å²) in [6, 6.07) is 5.83. The second-order valence-corrected chi connectivity index (χ2v) is 7.58. The number of rotatable bonds is 5. The predicted octanol–water partition coefficient (Wildman–Crippen LogP) is 1.55. The highest BCUT2D eigenvalue weighted by molar-refractivity contribution is 5.73. The zero-order valence-corrected chi connectivity index (χ0v) is 16.1. The van der Waals surface area contributed by atoms with E-state index in [0.29, 0.717) is 55.2 Å². The molecule has 0 spiro atoms. The van der Waals surface area contributed by atoms with Crippen molar-refractivity contribution in [3.05, 3.63) is 34.2 Å². The van der Waals surface area contributed by atoms with Crippen LogP contribution in [0, 0.1) is 12.8 Å². The Bertz CT molecular complexity index is 878. The highest BCUT2D eigenvalue weighted by Crippen LogP contribution is 2.30. The number of ether oxygens (including phenoxy) is 1. The van der Waals surface area contributed by atoms with Gasteiger partial charge >= 0.3 is 0 Å². The van der Waals surface area contributed by atoms with Crippen molar-refractivity contribution >= 4 is 11.8 Å². The number of hydrogen-bond donors (Lipinski definition) is 3. The first-order valence-electron chi connectivity index (χ1n) is 9.92. The summed E-state index contributed by atoms with van der Waals surface area (Å²) in [4.78, 5) is 27.3. The van der Waals surface area contributed by atoms with Crippen LogP contribution < -0.4 is 15.8 Å². The van der Waals surface area contributed by atoms with Crippen molar-refractivity contribution in [3.63, 3.8) is 0 Å². The zero-order valence-electron chi connectivity index (χ0n) is 16.1. The normalized spacial score (nSPS) is 22.4. The number of H-pyrrole nitrogens is 1. The quantitative estimate of drug-likeness (QED) is 0.717. The molecule has 1 saturated carbocycles. The molecule has 2 unspecified atom stereocenters. The van der Waals surface area contributed by atoms with Crippen LogP contribution >= 0.6 is 0 Å². The van der Waals surface area contributed by atoms with Gasteiger partial charge in [0.25, 0.3) is 5.56 Å². The molecule has 0 amide bonds. The number of nitrogens with one attached hydrogen (secondary N) is 2. The van der Waals surface area contributed by atoms with Gasteiger partial charge in [-0.25, -0.2) is 0 Å². The number of hydrogen-bond acceptors (Lipinski definition) is 7. The van der Waals surface area contributed by atoms with Crippen LogP contribution in [0.3, 0.4) is 0 Å². The van der Waals surface area contributed by atoms with Crippen molar-refractivity contribution in [2.75, 3.05) is 43.1 Å². The van der Waals surface area contributed by atoms with Crippen molar-refractivity contribution < 1.29 is 9.84 Å². The van der Waals surface area contributed by atoms with Gasteiger partial charge in [-0.1, -0.05) is 6.07 Å². The fourth-order valence-electron chi connectivity index (χ4n) is 3.98. The molecule has 1 aliphatic carbocycles. The smallest absolute Gasteiger partial charge is 0.263 e. The first-order valence-corrected chi connectivity index (χ1v) is 9.92. The minimum absolute atomic E-state index is 0.188. The minimum Gasteiger partial charge on any atom is -0.396 e. The highest BCUT2D eigenvalue weighted by atomic mass is 16.5. The monoisotopic (exact) mass is 385 g/mol. The van der Waals surface area contributed by atoms with E-state index in [9.17, 15) is 9.90 Å². The third-order valence-corrected chi connectivity index (χ3v) is 5.50. The van der Waals surface area contributed by atoms with E-state index < -0.39 is 0 Å². The molecule has 3 N–H and O–H groups in total. The molecule has 2 fully saturated rings. The van der Waals surface area contributed by atoms with Crippen molar-refractivity contribution in [1.29, 1.82) is 0 Å². The molecule has 4 rings (SSSR count). The van der Waals surface area contributed by atoms with E-state index in [1.54, 1.807) is 0 Å². The molecule has 0 aromatic carbocycles. The third kappa shape index (κ3) is 4.02. The van der Waals surface area contributed by atoms with Gasteiger partial charge in [0.2, 0.25) is 5.95 Å². The highest BCUT2D eigenvalue weighted by Gasteiger charge is 2.27. The molecule has 0 bridgehead atoms. The predicted molar refractivity (Wildman–Crippen MR) is 108 cm³/mol. The van der Waals surface area contributed by atoms with E-state index in [2.05, 4.69) is 15.3 Å². The summed E-state index contributed by atoms with van der Waals surface area (Å²) in [5.41, 5.74) is 1.73. The van der Waals surface area contributed by atoms with Gasteiger partial charge in [0.15, 0.2) is 0 Å². The van der Waals surface area contributed by atoms with Gasteiger partial charge in [-0.15, -0.1) is 0 Å². The molecule has 2 atom stereocenters. The maximum atomic E-state index is 13.0. The first-order chi connectivity index (χ1) is 13.6. The zero-order chi connectivity index (χ0) is 19.5. The minimum atomic E-state index is -0.200. The molecular weight excluding hydrogens is 358 g/mol. The van der Waals surface area contributed by atoms with E-state index in [4.69, 9.17) is 9.72 Å². The Morgan fingerprint density at radius 2 is 2.11 bits per heavy atom. The standard InChI is InChI=1S/C20H27N5O3/c1-13-3-2-4-16(21-13)17-18(22-15-6-5-14(11-15)12-26)23-20(24-19(17)27)25-7-9-28-10-8-25/h2-4,14-15,26H,5-12H2,1H3,(H2,22,23,24,27).